The molecule has 0 radical (unpaired) electrons. The molecule has 1 aliphatic rings. The topological polar surface area (TPSA) is 106 Å². The highest BCUT2D eigenvalue weighted by Gasteiger charge is 2.22. The van der Waals surface area contributed by atoms with Crippen molar-refractivity contribution in [2.45, 2.75) is 71.8 Å². The summed E-state index contributed by atoms with van der Waals surface area (Å²) in [6.45, 7) is 9.04. The van der Waals surface area contributed by atoms with Gasteiger partial charge in [-0.05, 0) is 26.2 Å². The van der Waals surface area contributed by atoms with E-state index in [1.807, 2.05) is 20.8 Å². The SMILES string of the molecule is Cc1nc(C(C)(C)C)[nH]c(=O)c1C(=O)NCCCc1nnc2n1CCCC2. The first kappa shape index (κ1) is 19.3. The highest BCUT2D eigenvalue weighted by molar-refractivity contribution is 5.94. The van der Waals surface area contributed by atoms with Gasteiger partial charge in [-0.3, -0.25) is 9.59 Å². The zero-order valence-corrected chi connectivity index (χ0v) is 16.6. The molecule has 0 unspecified atom stereocenters. The number of carbonyl (C=O) groups excluding carboxylic acids is 1. The van der Waals surface area contributed by atoms with Gasteiger partial charge in [0.2, 0.25) is 0 Å². The molecule has 8 heteroatoms. The van der Waals surface area contributed by atoms with Crippen molar-refractivity contribution >= 4 is 5.91 Å². The first-order chi connectivity index (χ1) is 12.8. The number of nitrogens with zero attached hydrogens (tertiary/aromatic N) is 4. The van der Waals surface area contributed by atoms with Gasteiger partial charge >= 0.3 is 0 Å². The Hall–Kier alpha value is -2.51. The van der Waals surface area contributed by atoms with E-state index in [1.165, 1.54) is 6.42 Å². The molecule has 3 rings (SSSR count). The number of nitrogens with one attached hydrogen (secondary N) is 2. The summed E-state index contributed by atoms with van der Waals surface area (Å²) in [5.74, 6) is 2.24. The van der Waals surface area contributed by atoms with E-state index in [4.69, 9.17) is 0 Å². The number of amides is 1. The Labute approximate surface area is 158 Å². The molecule has 2 N–H and O–H groups in total. The Kier molecular flexibility index (Phi) is 5.43. The maximum absolute atomic E-state index is 12.4. The van der Waals surface area contributed by atoms with Crippen LogP contribution >= 0.6 is 0 Å². The smallest absolute Gasteiger partial charge is 0.264 e. The van der Waals surface area contributed by atoms with Crippen LogP contribution in [0.2, 0.25) is 0 Å². The van der Waals surface area contributed by atoms with E-state index in [2.05, 4.69) is 30.0 Å². The lowest BCUT2D eigenvalue weighted by molar-refractivity contribution is 0.0950. The van der Waals surface area contributed by atoms with Crippen molar-refractivity contribution in [3.63, 3.8) is 0 Å². The molecule has 0 atom stereocenters. The number of carbonyl (C=O) groups is 1. The molecular formula is C19H28N6O2. The van der Waals surface area contributed by atoms with Crippen LogP contribution in [0.1, 0.15) is 73.6 Å². The molecule has 146 valence electrons. The van der Waals surface area contributed by atoms with E-state index < -0.39 is 5.56 Å². The van der Waals surface area contributed by atoms with Crippen molar-refractivity contribution in [3.8, 4) is 0 Å². The zero-order chi connectivity index (χ0) is 19.6. The summed E-state index contributed by atoms with van der Waals surface area (Å²) in [4.78, 5) is 31.9. The molecule has 0 bridgehead atoms. The van der Waals surface area contributed by atoms with Gasteiger partial charge < -0.3 is 14.9 Å². The summed E-state index contributed by atoms with van der Waals surface area (Å²) in [5.41, 5.74) is -0.136. The summed E-state index contributed by atoms with van der Waals surface area (Å²) in [5, 5.41) is 11.3. The quantitative estimate of drug-likeness (QED) is 0.777. The Balaban J connectivity index is 1.58. The highest BCUT2D eigenvalue weighted by Crippen LogP contribution is 2.17. The number of hydrogen-bond donors (Lipinski definition) is 2. The fourth-order valence-corrected chi connectivity index (χ4v) is 3.30. The predicted molar refractivity (Wildman–Crippen MR) is 102 cm³/mol. The van der Waals surface area contributed by atoms with Crippen molar-refractivity contribution in [1.29, 1.82) is 0 Å². The first-order valence-electron chi connectivity index (χ1n) is 9.58. The van der Waals surface area contributed by atoms with E-state index in [0.29, 0.717) is 18.1 Å². The lowest BCUT2D eigenvalue weighted by Crippen LogP contribution is -2.34. The van der Waals surface area contributed by atoms with Gasteiger partial charge in [-0.15, -0.1) is 10.2 Å². The molecule has 0 saturated carbocycles. The monoisotopic (exact) mass is 372 g/mol. The van der Waals surface area contributed by atoms with Gasteiger partial charge in [0.1, 0.15) is 23.0 Å². The molecule has 0 saturated heterocycles. The van der Waals surface area contributed by atoms with Gasteiger partial charge in [-0.2, -0.15) is 0 Å². The Morgan fingerprint density at radius 1 is 1.26 bits per heavy atom. The average Bonchev–Trinajstić information content (AvgIpc) is 3.00. The molecule has 27 heavy (non-hydrogen) atoms. The second kappa shape index (κ2) is 7.62. The standard InChI is InChI=1S/C19H28N6O2/c1-12-15(17(27)22-18(21-12)19(2,3)4)16(26)20-10-7-9-14-24-23-13-8-5-6-11-25(13)14/h5-11H2,1-4H3,(H,20,26)(H,21,22,27). The van der Waals surface area contributed by atoms with Crippen LogP contribution in [-0.4, -0.2) is 37.2 Å². The number of H-pyrrole nitrogens is 1. The second-order valence-electron chi connectivity index (χ2n) is 8.13. The molecule has 1 aliphatic heterocycles. The zero-order valence-electron chi connectivity index (χ0n) is 16.6. The number of hydrogen-bond acceptors (Lipinski definition) is 5. The number of aromatic amines is 1. The lowest BCUT2D eigenvalue weighted by Gasteiger charge is -2.18. The first-order valence-corrected chi connectivity index (χ1v) is 9.58. The molecule has 1 amide bonds. The summed E-state index contributed by atoms with van der Waals surface area (Å²) < 4.78 is 2.19. The maximum atomic E-state index is 12.4. The molecule has 0 aromatic carbocycles. The fourth-order valence-electron chi connectivity index (χ4n) is 3.30. The van der Waals surface area contributed by atoms with Gasteiger partial charge in [0.15, 0.2) is 0 Å². The van der Waals surface area contributed by atoms with Gasteiger partial charge in [-0.1, -0.05) is 20.8 Å². The molecule has 0 aliphatic carbocycles. The van der Waals surface area contributed by atoms with E-state index in [-0.39, 0.29) is 16.9 Å². The third-order valence-corrected chi connectivity index (χ3v) is 4.84. The third kappa shape index (κ3) is 4.26. The molecule has 8 nitrogen and oxygen atoms in total. The maximum Gasteiger partial charge on any atom is 0.264 e. The minimum absolute atomic E-state index is 0.0860. The molecular weight excluding hydrogens is 344 g/mol. The number of aromatic nitrogens is 5. The van der Waals surface area contributed by atoms with E-state index in [1.54, 1.807) is 6.92 Å². The summed E-state index contributed by atoms with van der Waals surface area (Å²) in [6.07, 6.45) is 4.82. The van der Waals surface area contributed by atoms with Crippen molar-refractivity contribution in [2.24, 2.45) is 0 Å². The van der Waals surface area contributed by atoms with Gasteiger partial charge in [0, 0.05) is 31.3 Å². The lowest BCUT2D eigenvalue weighted by atomic mass is 9.95. The minimum Gasteiger partial charge on any atom is -0.352 e. The molecule has 3 heterocycles. The van der Waals surface area contributed by atoms with Crippen molar-refractivity contribution in [2.75, 3.05) is 6.54 Å². The van der Waals surface area contributed by atoms with E-state index in [9.17, 15) is 9.59 Å². The average molecular weight is 372 g/mol. The second-order valence-corrected chi connectivity index (χ2v) is 8.13. The molecule has 2 aromatic heterocycles. The van der Waals surface area contributed by atoms with E-state index in [0.717, 1.165) is 43.9 Å². The number of fused-ring (bicyclic) bond motifs is 1. The molecule has 2 aromatic rings. The van der Waals surface area contributed by atoms with Crippen LogP contribution in [0.5, 0.6) is 0 Å². The van der Waals surface area contributed by atoms with Gasteiger partial charge in [0.25, 0.3) is 11.5 Å². The van der Waals surface area contributed by atoms with Gasteiger partial charge in [-0.25, -0.2) is 4.98 Å². The third-order valence-electron chi connectivity index (χ3n) is 4.84. The van der Waals surface area contributed by atoms with Gasteiger partial charge in [0.05, 0.1) is 5.69 Å². The molecule has 0 fully saturated rings. The van der Waals surface area contributed by atoms with Crippen LogP contribution in [0.4, 0.5) is 0 Å². The van der Waals surface area contributed by atoms with Crippen LogP contribution in [0.25, 0.3) is 0 Å². The molecule has 0 spiro atoms. The Bertz CT molecular complexity index is 891. The summed E-state index contributed by atoms with van der Waals surface area (Å²) >= 11 is 0. The van der Waals surface area contributed by atoms with Crippen molar-refractivity contribution < 1.29 is 4.79 Å². The Morgan fingerprint density at radius 3 is 2.74 bits per heavy atom. The summed E-state index contributed by atoms with van der Waals surface area (Å²) in [6, 6.07) is 0. The Morgan fingerprint density at radius 2 is 2.04 bits per heavy atom. The van der Waals surface area contributed by atoms with Crippen LogP contribution in [-0.2, 0) is 24.8 Å². The highest BCUT2D eigenvalue weighted by atomic mass is 16.2. The normalized spacial score (nSPS) is 14.1. The van der Waals surface area contributed by atoms with Crippen LogP contribution < -0.4 is 10.9 Å². The van der Waals surface area contributed by atoms with Crippen LogP contribution in [0.15, 0.2) is 4.79 Å². The van der Waals surface area contributed by atoms with E-state index >= 15 is 0 Å². The largest absolute Gasteiger partial charge is 0.352 e. The van der Waals surface area contributed by atoms with Crippen molar-refractivity contribution in [3.05, 3.63) is 39.1 Å². The minimum atomic E-state index is -0.392. The number of rotatable bonds is 5. The number of aryl methyl sites for hydroxylation is 3. The fraction of sp³-hybridized carbons (Fsp3) is 0.632. The van der Waals surface area contributed by atoms with Crippen LogP contribution in [0.3, 0.4) is 0 Å². The predicted octanol–water partition coefficient (Wildman–Crippen LogP) is 1.67. The van der Waals surface area contributed by atoms with Crippen molar-refractivity contribution in [1.82, 2.24) is 30.0 Å². The van der Waals surface area contributed by atoms with Crippen LogP contribution in [0, 0.1) is 6.92 Å². The summed E-state index contributed by atoms with van der Waals surface area (Å²) in [7, 11) is 0.